The lowest BCUT2D eigenvalue weighted by molar-refractivity contribution is 0.241. The van der Waals surface area contributed by atoms with E-state index < -0.39 is 11.6 Å². The topological polar surface area (TPSA) is 3.24 Å². The van der Waals surface area contributed by atoms with Crippen molar-refractivity contribution in [2.45, 2.75) is 25.9 Å². The monoisotopic (exact) mass is 259 g/mol. The summed E-state index contributed by atoms with van der Waals surface area (Å²) >= 11 is 5.94. The van der Waals surface area contributed by atoms with Crippen LogP contribution in [0, 0.1) is 17.6 Å². The van der Waals surface area contributed by atoms with E-state index in [-0.39, 0.29) is 0 Å². The zero-order chi connectivity index (χ0) is 12.4. The lowest BCUT2D eigenvalue weighted by atomic mass is 10.0. The van der Waals surface area contributed by atoms with Crippen molar-refractivity contribution >= 4 is 11.6 Å². The molecule has 1 nitrogen and oxygen atoms in total. The van der Waals surface area contributed by atoms with Crippen LogP contribution >= 0.6 is 11.6 Å². The molecule has 1 fully saturated rings. The average molecular weight is 260 g/mol. The van der Waals surface area contributed by atoms with Gasteiger partial charge >= 0.3 is 0 Å². The van der Waals surface area contributed by atoms with Gasteiger partial charge in [0.2, 0.25) is 0 Å². The lowest BCUT2D eigenvalue weighted by Crippen LogP contribution is -2.33. The van der Waals surface area contributed by atoms with Gasteiger partial charge in [0.25, 0.3) is 0 Å². The molecule has 17 heavy (non-hydrogen) atoms. The molecule has 2 atom stereocenters. The molecule has 0 aliphatic carbocycles. The van der Waals surface area contributed by atoms with E-state index in [9.17, 15) is 8.78 Å². The highest BCUT2D eigenvalue weighted by molar-refractivity contribution is 6.18. The molecular formula is C13H16ClF2N. The van der Waals surface area contributed by atoms with Crippen molar-refractivity contribution in [3.63, 3.8) is 0 Å². The minimum Gasteiger partial charge on any atom is -0.295 e. The van der Waals surface area contributed by atoms with E-state index in [4.69, 9.17) is 11.6 Å². The van der Waals surface area contributed by atoms with Crippen molar-refractivity contribution in [3.8, 4) is 0 Å². The zero-order valence-electron chi connectivity index (χ0n) is 9.80. The fourth-order valence-electron chi connectivity index (χ4n) is 2.41. The molecule has 0 aromatic heterocycles. The summed E-state index contributed by atoms with van der Waals surface area (Å²) in [5.41, 5.74) is 0.799. The number of hydrogen-bond acceptors (Lipinski definition) is 1. The summed E-state index contributed by atoms with van der Waals surface area (Å²) in [7, 11) is 0. The summed E-state index contributed by atoms with van der Waals surface area (Å²) in [6.07, 6.45) is 1.11. The molecule has 94 valence electrons. The zero-order valence-corrected chi connectivity index (χ0v) is 10.6. The van der Waals surface area contributed by atoms with Gasteiger partial charge in [0.05, 0.1) is 0 Å². The van der Waals surface area contributed by atoms with Gasteiger partial charge in [0.1, 0.15) is 0 Å². The summed E-state index contributed by atoms with van der Waals surface area (Å²) in [6, 6.07) is 4.42. The number of rotatable bonds is 3. The molecular weight excluding hydrogens is 244 g/mol. The molecule has 0 N–H and O–H groups in total. The SMILES string of the molecule is CC1CCN(Cc2ccc(F)c(F)c2)C1CCl. The molecule has 1 saturated heterocycles. The van der Waals surface area contributed by atoms with Gasteiger partial charge in [-0.05, 0) is 36.6 Å². The highest BCUT2D eigenvalue weighted by atomic mass is 35.5. The van der Waals surface area contributed by atoms with E-state index in [2.05, 4.69) is 11.8 Å². The third kappa shape index (κ3) is 2.78. The summed E-state index contributed by atoms with van der Waals surface area (Å²) in [5, 5.41) is 0. The second-order valence-corrected chi connectivity index (χ2v) is 5.02. The molecule has 0 bridgehead atoms. The predicted octanol–water partition coefficient (Wildman–Crippen LogP) is 3.41. The van der Waals surface area contributed by atoms with Crippen molar-refractivity contribution in [2.75, 3.05) is 12.4 Å². The average Bonchev–Trinajstić information content (AvgIpc) is 2.64. The first-order chi connectivity index (χ1) is 8.11. The number of benzene rings is 1. The minimum atomic E-state index is -0.794. The Bertz CT molecular complexity index is 397. The molecule has 1 aliphatic heterocycles. The number of alkyl halides is 1. The van der Waals surface area contributed by atoms with Gasteiger partial charge in [-0.2, -0.15) is 0 Å². The maximum atomic E-state index is 13.1. The normalized spacial score (nSPS) is 25.4. The molecule has 2 unspecified atom stereocenters. The number of halogens is 3. The molecule has 1 heterocycles. The van der Waals surface area contributed by atoms with Crippen LogP contribution < -0.4 is 0 Å². The quantitative estimate of drug-likeness (QED) is 0.752. The standard InChI is InChI=1S/C13H16ClF2N/c1-9-4-5-17(13(9)7-14)8-10-2-3-11(15)12(16)6-10/h2-3,6,9,13H,4-5,7-8H2,1H3. The van der Waals surface area contributed by atoms with E-state index in [1.807, 2.05) is 0 Å². The van der Waals surface area contributed by atoms with E-state index in [1.54, 1.807) is 6.07 Å². The van der Waals surface area contributed by atoms with Crippen LogP contribution in [-0.4, -0.2) is 23.4 Å². The van der Waals surface area contributed by atoms with Crippen LogP contribution in [0.4, 0.5) is 8.78 Å². The van der Waals surface area contributed by atoms with Crippen molar-refractivity contribution < 1.29 is 8.78 Å². The van der Waals surface area contributed by atoms with Gasteiger partial charge in [-0.3, -0.25) is 4.90 Å². The largest absolute Gasteiger partial charge is 0.295 e. The predicted molar refractivity (Wildman–Crippen MR) is 65.1 cm³/mol. The first-order valence-corrected chi connectivity index (χ1v) is 6.39. The number of hydrogen-bond donors (Lipinski definition) is 0. The van der Waals surface area contributed by atoms with Crippen molar-refractivity contribution in [2.24, 2.45) is 5.92 Å². The summed E-state index contributed by atoms with van der Waals surface area (Å²) in [4.78, 5) is 2.24. The Morgan fingerprint density at radius 1 is 1.35 bits per heavy atom. The van der Waals surface area contributed by atoms with Crippen LogP contribution in [0.15, 0.2) is 18.2 Å². The third-order valence-electron chi connectivity index (χ3n) is 3.53. The maximum Gasteiger partial charge on any atom is 0.159 e. The molecule has 1 aliphatic rings. The first kappa shape index (κ1) is 12.8. The van der Waals surface area contributed by atoms with Crippen molar-refractivity contribution in [3.05, 3.63) is 35.4 Å². The van der Waals surface area contributed by atoms with E-state index in [0.717, 1.165) is 18.5 Å². The van der Waals surface area contributed by atoms with Crippen LogP contribution in [0.25, 0.3) is 0 Å². The smallest absolute Gasteiger partial charge is 0.159 e. The van der Waals surface area contributed by atoms with Crippen LogP contribution in [0.1, 0.15) is 18.9 Å². The number of likely N-dealkylation sites (tertiary alicyclic amines) is 1. The Hall–Kier alpha value is -0.670. The van der Waals surface area contributed by atoms with Crippen LogP contribution in [0.3, 0.4) is 0 Å². The number of nitrogens with zero attached hydrogens (tertiary/aromatic N) is 1. The highest BCUT2D eigenvalue weighted by Gasteiger charge is 2.30. The fraction of sp³-hybridized carbons (Fsp3) is 0.538. The first-order valence-electron chi connectivity index (χ1n) is 5.85. The molecule has 1 aromatic carbocycles. The van der Waals surface area contributed by atoms with Gasteiger partial charge in [-0.1, -0.05) is 13.0 Å². The van der Waals surface area contributed by atoms with Crippen molar-refractivity contribution in [1.82, 2.24) is 4.90 Å². The van der Waals surface area contributed by atoms with E-state index >= 15 is 0 Å². The Morgan fingerprint density at radius 3 is 2.76 bits per heavy atom. The summed E-state index contributed by atoms with van der Waals surface area (Å²) < 4.78 is 25.9. The van der Waals surface area contributed by atoms with Crippen LogP contribution in [0.5, 0.6) is 0 Å². The van der Waals surface area contributed by atoms with Crippen LogP contribution in [0.2, 0.25) is 0 Å². The summed E-state index contributed by atoms with van der Waals surface area (Å²) in [6.45, 7) is 3.79. The molecule has 0 saturated carbocycles. The van der Waals surface area contributed by atoms with Gasteiger partial charge in [0, 0.05) is 18.5 Å². The Balaban J connectivity index is 2.07. The molecule has 1 aromatic rings. The highest BCUT2D eigenvalue weighted by Crippen LogP contribution is 2.26. The van der Waals surface area contributed by atoms with Gasteiger partial charge in [-0.25, -0.2) is 8.78 Å². The van der Waals surface area contributed by atoms with E-state index in [0.29, 0.717) is 24.4 Å². The van der Waals surface area contributed by atoms with Crippen LogP contribution in [-0.2, 0) is 6.54 Å². The van der Waals surface area contributed by atoms with Gasteiger partial charge in [0.15, 0.2) is 11.6 Å². The van der Waals surface area contributed by atoms with Crippen molar-refractivity contribution in [1.29, 1.82) is 0 Å². The lowest BCUT2D eigenvalue weighted by Gasteiger charge is -2.24. The maximum absolute atomic E-state index is 13.1. The van der Waals surface area contributed by atoms with Gasteiger partial charge in [-0.15, -0.1) is 11.6 Å². The molecule has 4 heteroatoms. The molecule has 0 radical (unpaired) electrons. The third-order valence-corrected chi connectivity index (χ3v) is 3.84. The fourth-order valence-corrected chi connectivity index (χ4v) is 2.91. The minimum absolute atomic E-state index is 0.338. The van der Waals surface area contributed by atoms with E-state index in [1.165, 1.54) is 12.1 Å². The molecule has 0 amide bonds. The molecule has 0 spiro atoms. The summed E-state index contributed by atoms with van der Waals surface area (Å²) in [5.74, 6) is -0.419. The second kappa shape index (κ2) is 5.32. The Labute approximate surface area is 105 Å². The Kier molecular flexibility index (Phi) is 4.00. The van der Waals surface area contributed by atoms with Gasteiger partial charge < -0.3 is 0 Å². The Morgan fingerprint density at radius 2 is 2.12 bits per heavy atom. The molecule has 2 rings (SSSR count). The second-order valence-electron chi connectivity index (χ2n) is 4.71.